The molecule has 1 saturated heterocycles. The van der Waals surface area contributed by atoms with Gasteiger partial charge in [0.15, 0.2) is 0 Å². The van der Waals surface area contributed by atoms with Gasteiger partial charge in [-0.1, -0.05) is 12.1 Å². The van der Waals surface area contributed by atoms with Gasteiger partial charge >= 0.3 is 6.03 Å². The van der Waals surface area contributed by atoms with Crippen LogP contribution in [0.25, 0.3) is 0 Å². The predicted octanol–water partition coefficient (Wildman–Crippen LogP) is 2.64. The Hall–Kier alpha value is -2.70. The van der Waals surface area contributed by atoms with Gasteiger partial charge in [-0.25, -0.2) is 19.2 Å². The van der Waals surface area contributed by atoms with Crippen LogP contribution in [0.4, 0.5) is 15.1 Å². The van der Waals surface area contributed by atoms with Crippen molar-refractivity contribution in [3.63, 3.8) is 0 Å². The van der Waals surface area contributed by atoms with E-state index in [2.05, 4.69) is 25.5 Å². The normalized spacial score (nSPS) is 18.5. The Bertz CT molecular complexity index is 694. The van der Waals surface area contributed by atoms with Crippen LogP contribution in [0, 0.1) is 5.82 Å². The Balaban J connectivity index is 1.53. The number of anilines is 1. The second kappa shape index (κ2) is 7.92. The van der Waals surface area contributed by atoms with Crippen molar-refractivity contribution in [2.75, 3.05) is 18.0 Å². The zero-order chi connectivity index (χ0) is 17.6. The molecule has 2 aromatic rings. The summed E-state index contributed by atoms with van der Waals surface area (Å²) in [7, 11) is 0. The Labute approximate surface area is 146 Å². The smallest absolute Gasteiger partial charge is 0.315 e. The summed E-state index contributed by atoms with van der Waals surface area (Å²) < 4.78 is 13.0. The van der Waals surface area contributed by atoms with Crippen molar-refractivity contribution in [1.82, 2.24) is 20.6 Å². The lowest BCUT2D eigenvalue weighted by molar-refractivity contribution is 0.232. The van der Waals surface area contributed by atoms with Crippen LogP contribution in [-0.2, 0) is 0 Å². The summed E-state index contributed by atoms with van der Waals surface area (Å²) in [6, 6.07) is 7.54. The average molecular weight is 343 g/mol. The minimum absolute atomic E-state index is 0.0398. The lowest BCUT2D eigenvalue weighted by atomic mass is 10.1. The Morgan fingerprint density at radius 1 is 1.28 bits per heavy atom. The minimum Gasteiger partial charge on any atom is -0.339 e. The van der Waals surface area contributed by atoms with E-state index >= 15 is 0 Å². The van der Waals surface area contributed by atoms with Crippen LogP contribution < -0.4 is 15.5 Å². The third kappa shape index (κ3) is 4.65. The number of nitrogens with zero attached hydrogens (tertiary/aromatic N) is 3. The van der Waals surface area contributed by atoms with Gasteiger partial charge in [-0.3, -0.25) is 0 Å². The first kappa shape index (κ1) is 17.1. The second-order valence-corrected chi connectivity index (χ2v) is 6.22. The van der Waals surface area contributed by atoms with Crippen LogP contribution in [0.2, 0.25) is 0 Å². The third-order valence-electron chi connectivity index (χ3n) is 4.31. The zero-order valence-corrected chi connectivity index (χ0v) is 14.2. The summed E-state index contributed by atoms with van der Waals surface area (Å²) in [5.41, 5.74) is 0.861. The van der Waals surface area contributed by atoms with Crippen molar-refractivity contribution in [3.8, 4) is 0 Å². The van der Waals surface area contributed by atoms with Crippen molar-refractivity contribution >= 4 is 12.0 Å². The topological polar surface area (TPSA) is 70.2 Å². The number of carbonyl (C=O) groups excluding carboxylic acids is 1. The van der Waals surface area contributed by atoms with E-state index in [0.29, 0.717) is 12.5 Å². The van der Waals surface area contributed by atoms with Gasteiger partial charge in [0.2, 0.25) is 5.95 Å². The van der Waals surface area contributed by atoms with Crippen LogP contribution in [0.1, 0.15) is 31.4 Å². The van der Waals surface area contributed by atoms with Crippen molar-refractivity contribution < 1.29 is 9.18 Å². The fourth-order valence-corrected chi connectivity index (χ4v) is 2.99. The molecule has 2 heterocycles. The second-order valence-electron chi connectivity index (χ2n) is 6.22. The molecule has 25 heavy (non-hydrogen) atoms. The Morgan fingerprint density at radius 3 is 2.72 bits per heavy atom. The number of benzene rings is 1. The number of aromatic nitrogens is 2. The van der Waals surface area contributed by atoms with E-state index < -0.39 is 0 Å². The number of rotatable bonds is 4. The number of nitrogens with one attached hydrogen (secondary N) is 2. The molecule has 0 unspecified atom stereocenters. The van der Waals surface area contributed by atoms with Gasteiger partial charge in [-0.2, -0.15) is 0 Å². The zero-order valence-electron chi connectivity index (χ0n) is 14.2. The molecule has 6 nitrogen and oxygen atoms in total. The van der Waals surface area contributed by atoms with Crippen LogP contribution in [0.15, 0.2) is 42.7 Å². The highest BCUT2D eigenvalue weighted by Gasteiger charge is 2.23. The number of piperidine rings is 1. The Morgan fingerprint density at radius 2 is 2.00 bits per heavy atom. The SMILES string of the molecule is C[C@@H](NC(=O)N[C@@H]1CCCN(c2ncccn2)C1)c1ccc(F)cc1. The molecule has 1 aromatic carbocycles. The van der Waals surface area contributed by atoms with Gasteiger partial charge in [0.05, 0.1) is 6.04 Å². The van der Waals surface area contributed by atoms with E-state index in [1.54, 1.807) is 30.6 Å². The first-order valence-electron chi connectivity index (χ1n) is 8.46. The lowest BCUT2D eigenvalue weighted by Gasteiger charge is -2.33. The van der Waals surface area contributed by atoms with Crippen LogP contribution in [0.5, 0.6) is 0 Å². The van der Waals surface area contributed by atoms with E-state index in [1.807, 2.05) is 6.92 Å². The van der Waals surface area contributed by atoms with Gasteiger partial charge in [0, 0.05) is 31.5 Å². The third-order valence-corrected chi connectivity index (χ3v) is 4.31. The predicted molar refractivity (Wildman–Crippen MR) is 93.7 cm³/mol. The lowest BCUT2D eigenvalue weighted by Crippen LogP contribution is -2.51. The summed E-state index contributed by atoms with van der Waals surface area (Å²) in [5.74, 6) is 0.403. The number of hydrogen-bond acceptors (Lipinski definition) is 4. The number of halogens is 1. The molecule has 1 aliphatic rings. The Kier molecular flexibility index (Phi) is 5.42. The molecule has 0 spiro atoms. The molecule has 132 valence electrons. The standard InChI is InChI=1S/C18H22FN5O/c1-13(14-5-7-15(19)8-6-14)22-18(25)23-16-4-2-11-24(12-16)17-20-9-3-10-21-17/h3,5-10,13,16H,2,4,11-12H2,1H3,(H2,22,23,25)/t13-,16-/m1/s1. The molecule has 2 amide bonds. The van der Waals surface area contributed by atoms with Gasteiger partial charge < -0.3 is 15.5 Å². The molecule has 0 aliphatic carbocycles. The van der Waals surface area contributed by atoms with Gasteiger partial charge in [-0.15, -0.1) is 0 Å². The fourth-order valence-electron chi connectivity index (χ4n) is 2.99. The summed E-state index contributed by atoms with van der Waals surface area (Å²) >= 11 is 0. The van der Waals surface area contributed by atoms with E-state index in [1.165, 1.54) is 12.1 Å². The van der Waals surface area contributed by atoms with E-state index in [4.69, 9.17) is 0 Å². The van der Waals surface area contributed by atoms with Crippen molar-refractivity contribution in [1.29, 1.82) is 0 Å². The summed E-state index contributed by atoms with van der Waals surface area (Å²) in [4.78, 5) is 22.9. The number of carbonyl (C=O) groups is 1. The van der Waals surface area contributed by atoms with Gasteiger partial charge in [0.1, 0.15) is 5.82 Å². The monoisotopic (exact) mass is 343 g/mol. The van der Waals surface area contributed by atoms with Crippen molar-refractivity contribution in [3.05, 3.63) is 54.1 Å². The maximum Gasteiger partial charge on any atom is 0.315 e. The van der Waals surface area contributed by atoms with Crippen LogP contribution >= 0.6 is 0 Å². The number of urea groups is 1. The molecular weight excluding hydrogens is 321 g/mol. The maximum absolute atomic E-state index is 13.0. The molecule has 1 aliphatic heterocycles. The van der Waals surface area contributed by atoms with Crippen LogP contribution in [-0.4, -0.2) is 35.1 Å². The van der Waals surface area contributed by atoms with Crippen LogP contribution in [0.3, 0.4) is 0 Å². The minimum atomic E-state index is -0.286. The average Bonchev–Trinajstić information content (AvgIpc) is 2.63. The molecule has 0 bridgehead atoms. The van der Waals surface area contributed by atoms with Gasteiger partial charge in [0.25, 0.3) is 0 Å². The molecule has 1 fully saturated rings. The van der Waals surface area contributed by atoms with Crippen molar-refractivity contribution in [2.45, 2.75) is 31.8 Å². The summed E-state index contributed by atoms with van der Waals surface area (Å²) in [5, 5.41) is 5.90. The first-order valence-corrected chi connectivity index (χ1v) is 8.46. The quantitative estimate of drug-likeness (QED) is 0.895. The highest BCUT2D eigenvalue weighted by atomic mass is 19.1. The first-order chi connectivity index (χ1) is 12.1. The summed E-state index contributed by atoms with van der Waals surface area (Å²) in [6.07, 6.45) is 5.32. The molecule has 1 aromatic heterocycles. The van der Waals surface area contributed by atoms with E-state index in [9.17, 15) is 9.18 Å². The molecular formula is C18H22FN5O. The molecule has 7 heteroatoms. The molecule has 2 N–H and O–H groups in total. The highest BCUT2D eigenvalue weighted by Crippen LogP contribution is 2.16. The molecule has 2 atom stereocenters. The fraction of sp³-hybridized carbons (Fsp3) is 0.389. The highest BCUT2D eigenvalue weighted by molar-refractivity contribution is 5.74. The van der Waals surface area contributed by atoms with Crippen molar-refractivity contribution in [2.24, 2.45) is 0 Å². The molecule has 3 rings (SSSR count). The largest absolute Gasteiger partial charge is 0.339 e. The number of hydrogen-bond donors (Lipinski definition) is 2. The maximum atomic E-state index is 13.0. The number of amides is 2. The van der Waals surface area contributed by atoms with E-state index in [0.717, 1.165) is 24.9 Å². The molecule has 0 radical (unpaired) electrons. The summed E-state index contributed by atoms with van der Waals surface area (Å²) in [6.45, 7) is 3.44. The van der Waals surface area contributed by atoms with E-state index in [-0.39, 0.29) is 23.9 Å². The van der Waals surface area contributed by atoms with Gasteiger partial charge in [-0.05, 0) is 43.5 Å². The molecule has 0 saturated carbocycles.